The lowest BCUT2D eigenvalue weighted by Gasteiger charge is -2.32. The molecule has 0 radical (unpaired) electrons. The Morgan fingerprint density at radius 2 is 1.80 bits per heavy atom. The predicted octanol–water partition coefficient (Wildman–Crippen LogP) is 3.91. The third-order valence-corrected chi connectivity index (χ3v) is 5.68. The number of nitrogens with zero attached hydrogens (tertiary/aromatic N) is 4. The molecule has 1 aromatic carbocycles. The maximum absolute atomic E-state index is 13.3. The third-order valence-electron chi connectivity index (χ3n) is 5.68. The Bertz CT molecular complexity index is 957. The lowest BCUT2D eigenvalue weighted by atomic mass is 9.95. The molecule has 0 bridgehead atoms. The first-order chi connectivity index (χ1) is 14.6. The highest BCUT2D eigenvalue weighted by Gasteiger charge is 2.19. The van der Waals surface area contributed by atoms with Crippen molar-refractivity contribution < 1.29 is 9.50 Å². The van der Waals surface area contributed by atoms with Gasteiger partial charge in [0, 0.05) is 55.2 Å². The van der Waals surface area contributed by atoms with Crippen molar-refractivity contribution in [1.82, 2.24) is 15.0 Å². The van der Waals surface area contributed by atoms with Gasteiger partial charge in [0.05, 0.1) is 11.8 Å². The van der Waals surface area contributed by atoms with Crippen LogP contribution in [0.15, 0.2) is 55.0 Å². The molecular formula is C24H27FN4O. The van der Waals surface area contributed by atoms with Crippen LogP contribution >= 0.6 is 0 Å². The molecule has 0 unspecified atom stereocenters. The van der Waals surface area contributed by atoms with E-state index in [4.69, 9.17) is 4.98 Å². The van der Waals surface area contributed by atoms with Gasteiger partial charge in [-0.1, -0.05) is 19.1 Å². The van der Waals surface area contributed by atoms with Crippen LogP contribution in [-0.2, 0) is 12.8 Å². The molecule has 6 heteroatoms. The number of piperidine rings is 1. The second kappa shape index (κ2) is 9.30. The molecule has 0 aliphatic carbocycles. The lowest BCUT2D eigenvalue weighted by Crippen LogP contribution is -2.36. The maximum Gasteiger partial charge on any atom is 0.123 e. The van der Waals surface area contributed by atoms with Crippen molar-refractivity contribution in [2.24, 2.45) is 0 Å². The summed E-state index contributed by atoms with van der Waals surface area (Å²) in [6.45, 7) is 3.81. The van der Waals surface area contributed by atoms with Gasteiger partial charge >= 0.3 is 0 Å². The molecule has 1 aliphatic rings. The fraction of sp³-hybridized carbons (Fsp3) is 0.375. The molecule has 30 heavy (non-hydrogen) atoms. The van der Waals surface area contributed by atoms with Gasteiger partial charge in [-0.15, -0.1) is 0 Å². The molecule has 1 fully saturated rings. The summed E-state index contributed by atoms with van der Waals surface area (Å²) in [5, 5.41) is 9.86. The van der Waals surface area contributed by atoms with Crippen LogP contribution < -0.4 is 4.90 Å². The third kappa shape index (κ3) is 5.19. The number of benzene rings is 1. The SMILES string of the molecule is C[C@H](Cc1cc(N2CCC(O)CC2)cc(Cc2cnccn2)n1)c1ccc(F)cc1. The zero-order valence-electron chi connectivity index (χ0n) is 17.2. The molecule has 4 rings (SSSR count). The van der Waals surface area contributed by atoms with Gasteiger partial charge < -0.3 is 10.0 Å². The van der Waals surface area contributed by atoms with Gasteiger partial charge in [-0.05, 0) is 55.0 Å². The average molecular weight is 407 g/mol. The molecule has 1 aliphatic heterocycles. The van der Waals surface area contributed by atoms with Gasteiger partial charge in [0.2, 0.25) is 0 Å². The highest BCUT2D eigenvalue weighted by atomic mass is 19.1. The summed E-state index contributed by atoms with van der Waals surface area (Å²) in [6, 6.07) is 11.0. The first kappa shape index (κ1) is 20.4. The molecule has 1 atom stereocenters. The van der Waals surface area contributed by atoms with Crippen molar-refractivity contribution in [3.63, 3.8) is 0 Å². The minimum absolute atomic E-state index is 0.208. The highest BCUT2D eigenvalue weighted by Crippen LogP contribution is 2.26. The topological polar surface area (TPSA) is 62.1 Å². The van der Waals surface area contributed by atoms with E-state index in [1.54, 1.807) is 18.6 Å². The molecule has 1 saturated heterocycles. The Balaban J connectivity index is 1.59. The number of hydrogen-bond donors (Lipinski definition) is 1. The molecule has 2 aromatic heterocycles. The van der Waals surface area contributed by atoms with Crippen LogP contribution in [0.1, 0.15) is 48.3 Å². The molecule has 156 valence electrons. The summed E-state index contributed by atoms with van der Waals surface area (Å²) < 4.78 is 13.3. The zero-order chi connectivity index (χ0) is 20.9. The van der Waals surface area contributed by atoms with Crippen molar-refractivity contribution in [2.75, 3.05) is 18.0 Å². The molecular weight excluding hydrogens is 379 g/mol. The highest BCUT2D eigenvalue weighted by molar-refractivity contribution is 5.49. The summed E-state index contributed by atoms with van der Waals surface area (Å²) in [4.78, 5) is 15.8. The van der Waals surface area contributed by atoms with Crippen LogP contribution in [0.2, 0.25) is 0 Å². The Morgan fingerprint density at radius 1 is 1.07 bits per heavy atom. The number of hydrogen-bond acceptors (Lipinski definition) is 5. The number of pyridine rings is 1. The monoisotopic (exact) mass is 406 g/mol. The van der Waals surface area contributed by atoms with Crippen LogP contribution in [0.3, 0.4) is 0 Å². The van der Waals surface area contributed by atoms with Crippen molar-refractivity contribution in [3.8, 4) is 0 Å². The number of rotatable bonds is 6. The van der Waals surface area contributed by atoms with E-state index in [2.05, 4.69) is 33.9 Å². The number of aliphatic hydroxyl groups excluding tert-OH is 1. The minimum Gasteiger partial charge on any atom is -0.393 e. The van der Waals surface area contributed by atoms with E-state index in [9.17, 15) is 9.50 Å². The average Bonchev–Trinajstić information content (AvgIpc) is 2.75. The summed E-state index contributed by atoms with van der Waals surface area (Å²) in [6.07, 6.45) is 7.88. The first-order valence-corrected chi connectivity index (χ1v) is 10.5. The van der Waals surface area contributed by atoms with E-state index in [1.165, 1.54) is 12.1 Å². The standard InChI is InChI=1S/C24H27FN4O/c1-17(18-2-4-19(25)5-3-18)12-20-14-23(29-10-6-24(30)7-11-29)15-21(28-20)13-22-16-26-8-9-27-22/h2-5,8-9,14-17,24,30H,6-7,10-13H2,1H3/t17-/m1/s1. The van der Waals surface area contributed by atoms with Crippen molar-refractivity contribution in [3.05, 3.63) is 83.5 Å². The number of aliphatic hydroxyl groups is 1. The van der Waals surface area contributed by atoms with Gasteiger partial charge in [-0.25, -0.2) is 4.39 Å². The van der Waals surface area contributed by atoms with Gasteiger partial charge in [0.25, 0.3) is 0 Å². The van der Waals surface area contributed by atoms with E-state index in [0.29, 0.717) is 6.42 Å². The second-order valence-corrected chi connectivity index (χ2v) is 8.06. The van der Waals surface area contributed by atoms with Crippen molar-refractivity contribution in [2.45, 2.75) is 44.6 Å². The summed E-state index contributed by atoms with van der Waals surface area (Å²) in [7, 11) is 0. The Morgan fingerprint density at radius 3 is 2.50 bits per heavy atom. The molecule has 3 aromatic rings. The fourth-order valence-corrected chi connectivity index (χ4v) is 3.96. The van der Waals surface area contributed by atoms with E-state index in [1.807, 2.05) is 12.1 Å². The smallest absolute Gasteiger partial charge is 0.123 e. The van der Waals surface area contributed by atoms with Crippen LogP contribution in [0.25, 0.3) is 0 Å². The molecule has 5 nitrogen and oxygen atoms in total. The number of aromatic nitrogens is 3. The second-order valence-electron chi connectivity index (χ2n) is 8.06. The van der Waals surface area contributed by atoms with Crippen LogP contribution in [0.5, 0.6) is 0 Å². The van der Waals surface area contributed by atoms with Gasteiger partial charge in [-0.2, -0.15) is 0 Å². The largest absolute Gasteiger partial charge is 0.393 e. The predicted molar refractivity (Wildman–Crippen MR) is 115 cm³/mol. The summed E-state index contributed by atoms with van der Waals surface area (Å²) in [5.74, 6) is 0.00510. The van der Waals surface area contributed by atoms with Crippen molar-refractivity contribution >= 4 is 5.69 Å². The van der Waals surface area contributed by atoms with Crippen LogP contribution in [0, 0.1) is 5.82 Å². The summed E-state index contributed by atoms with van der Waals surface area (Å²) >= 11 is 0. The fourth-order valence-electron chi connectivity index (χ4n) is 3.96. The molecule has 3 heterocycles. The van der Waals surface area contributed by atoms with Gasteiger partial charge in [0.1, 0.15) is 5.82 Å². The van der Waals surface area contributed by atoms with E-state index >= 15 is 0 Å². The molecule has 0 saturated carbocycles. The van der Waals surface area contributed by atoms with Crippen LogP contribution in [-0.4, -0.2) is 39.3 Å². The minimum atomic E-state index is -0.218. The maximum atomic E-state index is 13.3. The summed E-state index contributed by atoms with van der Waals surface area (Å²) in [5.41, 5.74) is 5.08. The van der Waals surface area contributed by atoms with Crippen LogP contribution in [0.4, 0.5) is 10.1 Å². The molecule has 0 spiro atoms. The quantitative estimate of drug-likeness (QED) is 0.673. The van der Waals surface area contributed by atoms with E-state index < -0.39 is 0 Å². The van der Waals surface area contributed by atoms with E-state index in [0.717, 1.165) is 60.7 Å². The number of halogens is 1. The van der Waals surface area contributed by atoms with Gasteiger partial charge in [-0.3, -0.25) is 15.0 Å². The molecule has 1 N–H and O–H groups in total. The lowest BCUT2D eigenvalue weighted by molar-refractivity contribution is 0.145. The first-order valence-electron chi connectivity index (χ1n) is 10.5. The zero-order valence-corrected chi connectivity index (χ0v) is 17.2. The van der Waals surface area contributed by atoms with Crippen molar-refractivity contribution in [1.29, 1.82) is 0 Å². The van der Waals surface area contributed by atoms with Gasteiger partial charge in [0.15, 0.2) is 0 Å². The Hall–Kier alpha value is -2.86. The Labute approximate surface area is 176 Å². The Kier molecular flexibility index (Phi) is 6.33. The molecule has 0 amide bonds. The normalized spacial score (nSPS) is 15.9. The number of anilines is 1. The van der Waals surface area contributed by atoms with E-state index in [-0.39, 0.29) is 17.8 Å².